The molecule has 0 N–H and O–H groups in total. The highest BCUT2D eigenvalue weighted by molar-refractivity contribution is 5.82. The molecule has 2 rings (SSSR count). The van der Waals surface area contributed by atoms with Crippen molar-refractivity contribution in [1.29, 1.82) is 0 Å². The number of aryl methyl sites for hydroxylation is 1. The molecular weight excluding hydrogens is 242 g/mol. The van der Waals surface area contributed by atoms with Gasteiger partial charge in [0.15, 0.2) is 0 Å². The van der Waals surface area contributed by atoms with Crippen molar-refractivity contribution in [3.63, 3.8) is 0 Å². The van der Waals surface area contributed by atoms with E-state index >= 15 is 0 Å². The molecule has 0 atom stereocenters. The van der Waals surface area contributed by atoms with Crippen LogP contribution in [-0.4, -0.2) is 0 Å². The fourth-order valence-electron chi connectivity index (χ4n) is 2.34. The van der Waals surface area contributed by atoms with E-state index in [0.29, 0.717) is 6.42 Å². The Morgan fingerprint density at radius 1 is 0.789 bits per heavy atom. The van der Waals surface area contributed by atoms with Crippen LogP contribution in [0, 0.1) is 6.43 Å². The van der Waals surface area contributed by atoms with Gasteiger partial charge in [-0.1, -0.05) is 55.3 Å². The molecule has 0 spiro atoms. The second kappa shape index (κ2) is 7.22. The maximum Gasteiger partial charge on any atom is 0.310 e. The molecule has 0 nitrogen and oxygen atoms in total. The van der Waals surface area contributed by atoms with E-state index in [-0.39, 0.29) is 6.42 Å². The molecule has 1 radical (unpaired) electrons. The Morgan fingerprint density at radius 3 is 2.32 bits per heavy atom. The van der Waals surface area contributed by atoms with Crippen LogP contribution in [-0.2, 0) is 6.42 Å². The summed E-state index contributed by atoms with van der Waals surface area (Å²) in [6.07, 6.45) is 3.18. The van der Waals surface area contributed by atoms with E-state index in [4.69, 9.17) is 0 Å². The molecule has 2 heteroatoms. The Kier molecular flexibility index (Phi) is 5.31. The van der Waals surface area contributed by atoms with E-state index in [9.17, 15) is 8.78 Å². The summed E-state index contributed by atoms with van der Waals surface area (Å²) in [4.78, 5) is 0. The average molecular weight is 261 g/mol. The largest absolute Gasteiger partial charge is 0.310 e. The van der Waals surface area contributed by atoms with Gasteiger partial charge in [-0.25, -0.2) is 0 Å². The lowest BCUT2D eigenvalue weighted by molar-refractivity contribution is 0.264. The topological polar surface area (TPSA) is 0 Å². The Bertz CT molecular complexity index is 505. The van der Waals surface area contributed by atoms with Crippen LogP contribution < -0.4 is 0 Å². The number of fused-ring (bicyclic) bond motifs is 1. The van der Waals surface area contributed by atoms with Crippen molar-refractivity contribution in [1.82, 2.24) is 0 Å². The first kappa shape index (κ1) is 14.0. The molecule has 0 bridgehead atoms. The minimum atomic E-state index is -1.44. The third kappa shape index (κ3) is 4.62. The summed E-state index contributed by atoms with van der Waals surface area (Å²) < 4.78 is 23.7. The van der Waals surface area contributed by atoms with Gasteiger partial charge in [0.2, 0.25) is 0 Å². The van der Waals surface area contributed by atoms with Gasteiger partial charge in [0.1, 0.15) is 0 Å². The van der Waals surface area contributed by atoms with Crippen molar-refractivity contribution in [2.24, 2.45) is 0 Å². The number of hydrogen-bond acceptors (Lipinski definition) is 0. The molecule has 0 amide bonds. The van der Waals surface area contributed by atoms with Gasteiger partial charge in [0.25, 0.3) is 0 Å². The summed E-state index contributed by atoms with van der Waals surface area (Å²) in [5, 5.41) is 2.54. The van der Waals surface area contributed by atoms with Gasteiger partial charge < -0.3 is 0 Å². The Morgan fingerprint density at radius 2 is 1.53 bits per heavy atom. The molecule has 0 fully saturated rings. The summed E-state index contributed by atoms with van der Waals surface area (Å²) >= 11 is 0. The summed E-state index contributed by atoms with van der Waals surface area (Å²) in [6, 6.07) is 14.9. The van der Waals surface area contributed by atoms with Crippen molar-refractivity contribution >= 4 is 10.8 Å². The minimum Gasteiger partial charge on any atom is -0.200 e. The van der Waals surface area contributed by atoms with Gasteiger partial charge in [0, 0.05) is 6.42 Å². The monoisotopic (exact) mass is 261 g/mol. The van der Waals surface area contributed by atoms with Gasteiger partial charge in [-0.05, 0) is 35.6 Å². The third-order valence-corrected chi connectivity index (χ3v) is 3.40. The zero-order valence-electron chi connectivity index (χ0n) is 11.0. The highest BCUT2D eigenvalue weighted by atomic mass is 19.3. The fraction of sp³-hybridized carbons (Fsp3) is 0.353. The van der Waals surface area contributed by atoms with E-state index in [2.05, 4.69) is 30.3 Å². The van der Waals surface area contributed by atoms with E-state index < -0.39 is 6.43 Å². The first-order valence-electron chi connectivity index (χ1n) is 6.90. The van der Waals surface area contributed by atoms with E-state index in [1.807, 2.05) is 12.1 Å². The molecule has 2 aromatic carbocycles. The van der Waals surface area contributed by atoms with Crippen molar-refractivity contribution in [3.8, 4) is 0 Å². The van der Waals surface area contributed by atoms with Crippen LogP contribution >= 0.6 is 0 Å². The molecule has 0 aromatic heterocycles. The normalized spacial score (nSPS) is 11.3. The Hall–Kier alpha value is -1.44. The Balaban J connectivity index is 1.75. The van der Waals surface area contributed by atoms with Crippen LogP contribution in [0.3, 0.4) is 0 Å². The second-order valence-corrected chi connectivity index (χ2v) is 4.93. The SMILES string of the molecule is F[C](F)CCCCCCc1ccc2ccccc2c1. The quantitative estimate of drug-likeness (QED) is 0.556. The molecule has 0 aliphatic heterocycles. The highest BCUT2D eigenvalue weighted by Gasteiger charge is 2.03. The molecule has 0 saturated carbocycles. The van der Waals surface area contributed by atoms with E-state index in [0.717, 1.165) is 25.7 Å². The van der Waals surface area contributed by atoms with Gasteiger partial charge in [-0.15, -0.1) is 0 Å². The number of hydrogen-bond donors (Lipinski definition) is 0. The highest BCUT2D eigenvalue weighted by Crippen LogP contribution is 2.18. The predicted molar refractivity (Wildman–Crippen MR) is 76.2 cm³/mol. The first-order valence-corrected chi connectivity index (χ1v) is 6.90. The summed E-state index contributed by atoms with van der Waals surface area (Å²) in [7, 11) is 0. The van der Waals surface area contributed by atoms with Crippen molar-refractivity contribution in [3.05, 3.63) is 54.5 Å². The third-order valence-electron chi connectivity index (χ3n) is 3.40. The van der Waals surface area contributed by atoms with Gasteiger partial charge in [-0.2, -0.15) is 8.78 Å². The summed E-state index contributed by atoms with van der Waals surface area (Å²) in [6.45, 7) is 0. The van der Waals surface area contributed by atoms with Crippen LogP contribution in [0.2, 0.25) is 0 Å². The molecule has 2 aromatic rings. The first-order chi connectivity index (χ1) is 9.25. The van der Waals surface area contributed by atoms with Crippen molar-refractivity contribution in [2.45, 2.75) is 38.5 Å². The van der Waals surface area contributed by atoms with Crippen LogP contribution in [0.4, 0.5) is 8.78 Å². The van der Waals surface area contributed by atoms with Gasteiger partial charge >= 0.3 is 6.43 Å². The zero-order valence-corrected chi connectivity index (χ0v) is 11.0. The molecule has 19 heavy (non-hydrogen) atoms. The molecule has 101 valence electrons. The summed E-state index contributed by atoms with van der Waals surface area (Å²) in [5.74, 6) is 0. The van der Waals surface area contributed by atoms with Crippen LogP contribution in [0.25, 0.3) is 10.8 Å². The van der Waals surface area contributed by atoms with Crippen LogP contribution in [0.15, 0.2) is 42.5 Å². The standard InChI is InChI=1S/C17H19F2/c18-17(19)10-4-2-1-3-7-14-11-12-15-8-5-6-9-16(15)13-14/h5-6,8-9,11-13H,1-4,7,10H2. The molecular formula is C17H19F2. The van der Waals surface area contributed by atoms with E-state index in [1.165, 1.54) is 16.3 Å². The molecule has 0 unspecified atom stereocenters. The van der Waals surface area contributed by atoms with Crippen molar-refractivity contribution < 1.29 is 8.78 Å². The van der Waals surface area contributed by atoms with Gasteiger partial charge in [-0.3, -0.25) is 0 Å². The fourth-order valence-corrected chi connectivity index (χ4v) is 2.34. The van der Waals surface area contributed by atoms with Crippen LogP contribution in [0.1, 0.15) is 37.7 Å². The lowest BCUT2D eigenvalue weighted by Crippen LogP contribution is -1.87. The van der Waals surface area contributed by atoms with Crippen LogP contribution in [0.5, 0.6) is 0 Å². The summed E-state index contributed by atoms with van der Waals surface area (Å²) in [5.41, 5.74) is 1.34. The molecule has 0 aliphatic carbocycles. The molecule has 0 aliphatic rings. The number of halogens is 2. The second-order valence-electron chi connectivity index (χ2n) is 4.93. The Labute approximate surface area is 113 Å². The zero-order chi connectivity index (χ0) is 13.5. The smallest absolute Gasteiger partial charge is 0.200 e. The maximum atomic E-state index is 11.9. The molecule has 0 saturated heterocycles. The number of benzene rings is 2. The van der Waals surface area contributed by atoms with Gasteiger partial charge in [0.05, 0.1) is 0 Å². The average Bonchev–Trinajstić information content (AvgIpc) is 2.42. The van der Waals surface area contributed by atoms with E-state index in [1.54, 1.807) is 0 Å². The predicted octanol–water partition coefficient (Wildman–Crippen LogP) is 5.76. The maximum absolute atomic E-state index is 11.9. The van der Waals surface area contributed by atoms with Crippen molar-refractivity contribution in [2.75, 3.05) is 0 Å². The molecule has 0 heterocycles. The number of rotatable bonds is 7. The number of unbranched alkanes of at least 4 members (excludes halogenated alkanes) is 3. The minimum absolute atomic E-state index is 0.0318. The lowest BCUT2D eigenvalue weighted by atomic mass is 10.0. The lowest BCUT2D eigenvalue weighted by Gasteiger charge is -2.04.